The van der Waals surface area contributed by atoms with Crippen LogP contribution in [0, 0.1) is 11.8 Å². The average Bonchev–Trinajstić information content (AvgIpc) is 3.21. The van der Waals surface area contributed by atoms with Gasteiger partial charge in [-0.15, -0.1) is 0 Å². The summed E-state index contributed by atoms with van der Waals surface area (Å²) < 4.78 is 10.7. The second-order valence-electron chi connectivity index (χ2n) is 5.81. The van der Waals surface area contributed by atoms with E-state index in [2.05, 4.69) is 6.92 Å². The normalized spacial score (nSPS) is 24.1. The maximum absolute atomic E-state index is 12.3. The van der Waals surface area contributed by atoms with Crippen LogP contribution in [0.4, 0.5) is 0 Å². The van der Waals surface area contributed by atoms with E-state index < -0.39 is 0 Å². The molecule has 1 heterocycles. The first-order chi connectivity index (χ1) is 9.63. The molecule has 3 rings (SSSR count). The van der Waals surface area contributed by atoms with Crippen molar-refractivity contribution in [3.05, 3.63) is 23.3 Å². The Balaban J connectivity index is 1.82. The molecular formula is C16H21NO3. The highest BCUT2D eigenvalue weighted by Gasteiger charge is 2.42. The van der Waals surface area contributed by atoms with Crippen LogP contribution in [0.25, 0.3) is 0 Å². The highest BCUT2D eigenvalue weighted by Crippen LogP contribution is 2.40. The van der Waals surface area contributed by atoms with Crippen molar-refractivity contribution in [3.63, 3.8) is 0 Å². The summed E-state index contributed by atoms with van der Waals surface area (Å²) in [4.78, 5) is 14.3. The van der Waals surface area contributed by atoms with Gasteiger partial charge in [0.15, 0.2) is 11.5 Å². The van der Waals surface area contributed by atoms with Gasteiger partial charge >= 0.3 is 0 Å². The Hall–Kier alpha value is -1.71. The standard InChI is InChI=1S/C16H21NO3/c1-10-6-13(10)16(18)17-5-4-11-7-14(19-2)15(20-3)8-12(11)9-17/h7-8,10,13H,4-6,9H2,1-3H3/t10-,13+/m1/s1. The van der Waals surface area contributed by atoms with Crippen molar-refractivity contribution in [2.75, 3.05) is 20.8 Å². The first kappa shape index (κ1) is 13.3. The van der Waals surface area contributed by atoms with Crippen LogP contribution in [0.5, 0.6) is 11.5 Å². The molecule has 1 aromatic carbocycles. The molecule has 0 radical (unpaired) electrons. The molecule has 0 saturated heterocycles. The van der Waals surface area contributed by atoms with Crippen molar-refractivity contribution in [2.45, 2.75) is 26.3 Å². The first-order valence-electron chi connectivity index (χ1n) is 7.16. The molecule has 2 aliphatic rings. The molecule has 0 spiro atoms. The Labute approximate surface area is 119 Å². The fourth-order valence-corrected chi connectivity index (χ4v) is 2.97. The van der Waals surface area contributed by atoms with Gasteiger partial charge in [0.2, 0.25) is 5.91 Å². The van der Waals surface area contributed by atoms with Gasteiger partial charge in [-0.2, -0.15) is 0 Å². The van der Waals surface area contributed by atoms with Gasteiger partial charge in [-0.3, -0.25) is 4.79 Å². The zero-order valence-electron chi connectivity index (χ0n) is 12.3. The topological polar surface area (TPSA) is 38.8 Å². The summed E-state index contributed by atoms with van der Waals surface area (Å²) >= 11 is 0. The Kier molecular flexibility index (Phi) is 3.32. The van der Waals surface area contributed by atoms with E-state index in [-0.39, 0.29) is 5.92 Å². The quantitative estimate of drug-likeness (QED) is 0.849. The number of benzene rings is 1. The number of nitrogens with zero attached hydrogens (tertiary/aromatic N) is 1. The molecule has 0 aromatic heterocycles. The van der Waals surface area contributed by atoms with E-state index in [1.54, 1.807) is 14.2 Å². The van der Waals surface area contributed by atoms with Gasteiger partial charge in [0, 0.05) is 19.0 Å². The molecule has 20 heavy (non-hydrogen) atoms. The van der Waals surface area contributed by atoms with Gasteiger partial charge in [0.1, 0.15) is 0 Å². The molecule has 1 amide bonds. The summed E-state index contributed by atoms with van der Waals surface area (Å²) in [6, 6.07) is 4.04. The fourth-order valence-electron chi connectivity index (χ4n) is 2.97. The highest BCUT2D eigenvalue weighted by molar-refractivity contribution is 5.82. The minimum Gasteiger partial charge on any atom is -0.493 e. The summed E-state index contributed by atoms with van der Waals surface area (Å²) in [5.41, 5.74) is 2.44. The predicted octanol–water partition coefficient (Wildman–Crippen LogP) is 2.24. The van der Waals surface area contributed by atoms with Gasteiger partial charge in [-0.1, -0.05) is 6.92 Å². The SMILES string of the molecule is COc1cc2c(cc1OC)CN(C(=O)[C@H]1C[C@H]1C)CC2. The number of hydrogen-bond acceptors (Lipinski definition) is 3. The first-order valence-corrected chi connectivity index (χ1v) is 7.16. The van der Waals surface area contributed by atoms with E-state index in [1.165, 1.54) is 11.1 Å². The van der Waals surface area contributed by atoms with Gasteiger partial charge in [-0.05, 0) is 42.0 Å². The molecule has 1 aromatic rings. The molecular weight excluding hydrogens is 254 g/mol. The summed E-state index contributed by atoms with van der Waals surface area (Å²) in [6.45, 7) is 3.65. The summed E-state index contributed by atoms with van der Waals surface area (Å²) in [5.74, 6) is 2.64. The number of fused-ring (bicyclic) bond motifs is 1. The fraction of sp³-hybridized carbons (Fsp3) is 0.562. The van der Waals surface area contributed by atoms with Gasteiger partial charge in [0.05, 0.1) is 14.2 Å². The van der Waals surface area contributed by atoms with Crippen molar-refractivity contribution < 1.29 is 14.3 Å². The molecule has 1 aliphatic heterocycles. The zero-order valence-corrected chi connectivity index (χ0v) is 12.3. The molecule has 4 heteroatoms. The van der Waals surface area contributed by atoms with Crippen molar-refractivity contribution >= 4 is 5.91 Å². The monoisotopic (exact) mass is 275 g/mol. The molecule has 1 saturated carbocycles. The van der Waals surface area contributed by atoms with Crippen LogP contribution in [-0.4, -0.2) is 31.6 Å². The number of hydrogen-bond donors (Lipinski definition) is 0. The Morgan fingerprint density at radius 1 is 1.20 bits per heavy atom. The van der Waals surface area contributed by atoms with E-state index in [0.29, 0.717) is 18.4 Å². The van der Waals surface area contributed by atoms with E-state index in [4.69, 9.17) is 9.47 Å². The third-order valence-corrected chi connectivity index (χ3v) is 4.46. The van der Waals surface area contributed by atoms with Crippen molar-refractivity contribution in [3.8, 4) is 11.5 Å². The van der Waals surface area contributed by atoms with Crippen molar-refractivity contribution in [2.24, 2.45) is 11.8 Å². The van der Waals surface area contributed by atoms with Crippen LogP contribution >= 0.6 is 0 Å². The van der Waals surface area contributed by atoms with E-state index in [1.807, 2.05) is 17.0 Å². The smallest absolute Gasteiger partial charge is 0.226 e. The summed E-state index contributed by atoms with van der Waals surface area (Å²) in [7, 11) is 3.29. The minimum absolute atomic E-state index is 0.261. The van der Waals surface area contributed by atoms with Crippen molar-refractivity contribution in [1.82, 2.24) is 4.90 Å². The van der Waals surface area contributed by atoms with Crippen molar-refractivity contribution in [1.29, 1.82) is 0 Å². The van der Waals surface area contributed by atoms with E-state index >= 15 is 0 Å². The van der Waals surface area contributed by atoms with Crippen LogP contribution in [0.2, 0.25) is 0 Å². The van der Waals surface area contributed by atoms with Gasteiger partial charge < -0.3 is 14.4 Å². The van der Waals surface area contributed by atoms with Crippen LogP contribution < -0.4 is 9.47 Å². The van der Waals surface area contributed by atoms with E-state index in [9.17, 15) is 4.79 Å². The van der Waals surface area contributed by atoms with Crippen LogP contribution in [0.1, 0.15) is 24.5 Å². The Bertz CT molecular complexity index is 541. The van der Waals surface area contributed by atoms with Crippen LogP contribution in [0.15, 0.2) is 12.1 Å². The molecule has 2 atom stereocenters. The number of ether oxygens (including phenoxy) is 2. The molecule has 1 fully saturated rings. The lowest BCUT2D eigenvalue weighted by atomic mass is 9.98. The molecule has 4 nitrogen and oxygen atoms in total. The average molecular weight is 275 g/mol. The van der Waals surface area contributed by atoms with Gasteiger partial charge in [-0.25, -0.2) is 0 Å². The second kappa shape index (κ2) is 5.00. The number of methoxy groups -OCH3 is 2. The summed E-state index contributed by atoms with van der Waals surface area (Å²) in [6.07, 6.45) is 1.94. The molecule has 0 bridgehead atoms. The van der Waals surface area contributed by atoms with Gasteiger partial charge in [0.25, 0.3) is 0 Å². The predicted molar refractivity (Wildman–Crippen MR) is 75.9 cm³/mol. The number of carbonyl (C=O) groups is 1. The third-order valence-electron chi connectivity index (χ3n) is 4.46. The number of amides is 1. The largest absolute Gasteiger partial charge is 0.493 e. The minimum atomic E-state index is 0.261. The second-order valence-corrected chi connectivity index (χ2v) is 5.81. The van der Waals surface area contributed by atoms with Crippen LogP contribution in [0.3, 0.4) is 0 Å². The molecule has 0 unspecified atom stereocenters. The number of rotatable bonds is 3. The maximum Gasteiger partial charge on any atom is 0.226 e. The Morgan fingerprint density at radius 2 is 1.80 bits per heavy atom. The number of carbonyl (C=O) groups excluding carboxylic acids is 1. The molecule has 1 aliphatic carbocycles. The molecule has 108 valence electrons. The Morgan fingerprint density at radius 3 is 2.35 bits per heavy atom. The lowest BCUT2D eigenvalue weighted by Crippen LogP contribution is -2.37. The zero-order chi connectivity index (χ0) is 14.3. The highest BCUT2D eigenvalue weighted by atomic mass is 16.5. The third kappa shape index (κ3) is 2.23. The molecule has 0 N–H and O–H groups in total. The van der Waals surface area contributed by atoms with E-state index in [0.717, 1.165) is 30.9 Å². The lowest BCUT2D eigenvalue weighted by Gasteiger charge is -2.30. The summed E-state index contributed by atoms with van der Waals surface area (Å²) in [5, 5.41) is 0. The maximum atomic E-state index is 12.3. The van der Waals surface area contributed by atoms with Crippen LogP contribution in [-0.2, 0) is 17.8 Å². The lowest BCUT2D eigenvalue weighted by molar-refractivity contribution is -0.133.